The molecule has 1 aromatic carbocycles. The Morgan fingerprint density at radius 3 is 2.89 bits per heavy atom. The fraction of sp³-hybridized carbons (Fsp3) is 0.143. The van der Waals surface area contributed by atoms with Crippen LogP contribution in [-0.2, 0) is 6.54 Å². The van der Waals surface area contributed by atoms with E-state index >= 15 is 0 Å². The van der Waals surface area contributed by atoms with Gasteiger partial charge in [-0.15, -0.1) is 0 Å². The van der Waals surface area contributed by atoms with Crippen molar-refractivity contribution in [3.05, 3.63) is 53.3 Å². The molecule has 0 atom stereocenters. The van der Waals surface area contributed by atoms with Crippen LogP contribution in [0.15, 0.2) is 36.4 Å². The lowest BCUT2D eigenvalue weighted by molar-refractivity contribution is 0.0945. The van der Waals surface area contributed by atoms with E-state index in [9.17, 15) is 9.90 Å². The van der Waals surface area contributed by atoms with Crippen LogP contribution in [0.25, 0.3) is 0 Å². The summed E-state index contributed by atoms with van der Waals surface area (Å²) in [6.07, 6.45) is 0. The van der Waals surface area contributed by atoms with Crippen molar-refractivity contribution in [1.82, 2.24) is 10.3 Å². The topological polar surface area (TPSA) is 88.2 Å². The average Bonchev–Trinajstić information content (AvgIpc) is 2.39. The van der Waals surface area contributed by atoms with Gasteiger partial charge in [0.15, 0.2) is 0 Å². The first-order chi connectivity index (χ1) is 9.06. The number of carbonyl (C=O) groups excluding carboxylic acids is 1. The van der Waals surface area contributed by atoms with Crippen molar-refractivity contribution in [1.29, 1.82) is 0 Å². The zero-order chi connectivity index (χ0) is 13.8. The number of phenols is 1. The molecule has 0 aliphatic carbocycles. The Morgan fingerprint density at radius 2 is 2.16 bits per heavy atom. The minimum Gasteiger partial charge on any atom is -0.508 e. The highest BCUT2D eigenvalue weighted by Gasteiger charge is 2.08. The molecule has 5 heteroatoms. The number of benzene rings is 1. The average molecular weight is 257 g/mol. The molecule has 0 unspecified atom stereocenters. The van der Waals surface area contributed by atoms with Gasteiger partial charge in [-0.1, -0.05) is 6.07 Å². The number of pyridine rings is 1. The molecule has 0 radical (unpaired) electrons. The molecule has 98 valence electrons. The van der Waals surface area contributed by atoms with Crippen LogP contribution in [0, 0.1) is 6.92 Å². The van der Waals surface area contributed by atoms with Crippen molar-refractivity contribution in [3.63, 3.8) is 0 Å². The maximum absolute atomic E-state index is 11.9. The maximum Gasteiger partial charge on any atom is 0.270 e. The zero-order valence-electron chi connectivity index (χ0n) is 10.6. The Bertz CT molecular complexity index is 611. The van der Waals surface area contributed by atoms with Crippen molar-refractivity contribution < 1.29 is 9.90 Å². The highest BCUT2D eigenvalue weighted by Crippen LogP contribution is 2.19. The van der Waals surface area contributed by atoms with E-state index in [-0.39, 0.29) is 18.2 Å². The molecule has 1 heterocycles. The summed E-state index contributed by atoms with van der Waals surface area (Å²) in [5, 5.41) is 12.3. The first-order valence-electron chi connectivity index (χ1n) is 5.85. The Labute approximate surface area is 111 Å². The number of aromatic nitrogens is 1. The summed E-state index contributed by atoms with van der Waals surface area (Å²) >= 11 is 0. The molecule has 0 aliphatic heterocycles. The van der Waals surface area contributed by atoms with E-state index in [4.69, 9.17) is 5.73 Å². The summed E-state index contributed by atoms with van der Waals surface area (Å²) in [6.45, 7) is 2.02. The molecule has 0 fully saturated rings. The van der Waals surface area contributed by atoms with Gasteiger partial charge in [0.2, 0.25) is 0 Å². The van der Waals surface area contributed by atoms with Gasteiger partial charge in [-0.2, -0.15) is 0 Å². The number of nitrogens with zero attached hydrogens (tertiary/aromatic N) is 1. The van der Waals surface area contributed by atoms with E-state index in [0.29, 0.717) is 16.9 Å². The van der Waals surface area contributed by atoms with Crippen LogP contribution in [-0.4, -0.2) is 16.0 Å². The Hall–Kier alpha value is -2.56. The zero-order valence-corrected chi connectivity index (χ0v) is 10.6. The number of phenolic OH excluding ortho intramolecular Hbond substituents is 1. The first kappa shape index (κ1) is 12.9. The third kappa shape index (κ3) is 3.22. The fourth-order valence-corrected chi connectivity index (χ4v) is 1.68. The van der Waals surface area contributed by atoms with Gasteiger partial charge in [-0.3, -0.25) is 4.79 Å². The summed E-state index contributed by atoms with van der Waals surface area (Å²) in [5.41, 5.74) is 7.86. The van der Waals surface area contributed by atoms with Crippen LogP contribution in [0.2, 0.25) is 0 Å². The van der Waals surface area contributed by atoms with Crippen LogP contribution in [0.3, 0.4) is 0 Å². The normalized spacial score (nSPS) is 10.2. The van der Waals surface area contributed by atoms with Gasteiger partial charge >= 0.3 is 0 Å². The number of nitrogens with two attached hydrogens (primary N) is 1. The van der Waals surface area contributed by atoms with E-state index in [1.807, 2.05) is 13.0 Å². The van der Waals surface area contributed by atoms with E-state index in [1.54, 1.807) is 24.3 Å². The quantitative estimate of drug-likeness (QED) is 0.575. The van der Waals surface area contributed by atoms with E-state index < -0.39 is 0 Å². The molecule has 4 N–H and O–H groups in total. The SMILES string of the molecule is Cc1cccc(C(=O)NCc2cc(N)ccc2O)n1. The van der Waals surface area contributed by atoms with E-state index in [1.165, 1.54) is 6.07 Å². The summed E-state index contributed by atoms with van der Waals surface area (Å²) in [4.78, 5) is 16.0. The molecule has 0 saturated heterocycles. The number of hydrogen-bond acceptors (Lipinski definition) is 4. The number of aromatic hydroxyl groups is 1. The Balaban J connectivity index is 2.06. The van der Waals surface area contributed by atoms with Gasteiger partial charge < -0.3 is 16.2 Å². The van der Waals surface area contributed by atoms with Crippen molar-refractivity contribution in [3.8, 4) is 5.75 Å². The molecule has 2 aromatic rings. The van der Waals surface area contributed by atoms with Gasteiger partial charge in [-0.25, -0.2) is 4.98 Å². The number of carbonyl (C=O) groups is 1. The monoisotopic (exact) mass is 257 g/mol. The summed E-state index contributed by atoms with van der Waals surface area (Å²) in [7, 11) is 0. The predicted octanol–water partition coefficient (Wildman–Crippen LogP) is 1.61. The molecule has 1 amide bonds. The lowest BCUT2D eigenvalue weighted by Crippen LogP contribution is -2.24. The van der Waals surface area contributed by atoms with E-state index in [2.05, 4.69) is 10.3 Å². The molecule has 0 aliphatic rings. The molecule has 0 saturated carbocycles. The molecular formula is C14H15N3O2. The van der Waals surface area contributed by atoms with Gasteiger partial charge in [0, 0.05) is 23.5 Å². The Morgan fingerprint density at radius 1 is 1.37 bits per heavy atom. The summed E-state index contributed by atoms with van der Waals surface area (Å²) in [5.74, 6) is -0.183. The molecule has 2 rings (SSSR count). The predicted molar refractivity (Wildman–Crippen MR) is 72.7 cm³/mol. The molecule has 1 aromatic heterocycles. The Kier molecular flexibility index (Phi) is 3.66. The van der Waals surface area contributed by atoms with Crippen LogP contribution in [0.1, 0.15) is 21.7 Å². The summed E-state index contributed by atoms with van der Waals surface area (Å²) < 4.78 is 0. The minimum absolute atomic E-state index is 0.103. The number of amides is 1. The second-order valence-corrected chi connectivity index (χ2v) is 4.24. The van der Waals surface area contributed by atoms with Crippen LogP contribution in [0.5, 0.6) is 5.75 Å². The number of hydrogen-bond donors (Lipinski definition) is 3. The van der Waals surface area contributed by atoms with E-state index in [0.717, 1.165) is 5.69 Å². The number of rotatable bonds is 3. The van der Waals surface area contributed by atoms with Crippen LogP contribution in [0.4, 0.5) is 5.69 Å². The highest BCUT2D eigenvalue weighted by molar-refractivity contribution is 5.92. The smallest absolute Gasteiger partial charge is 0.270 e. The molecular weight excluding hydrogens is 242 g/mol. The standard InChI is InChI=1S/C14H15N3O2/c1-9-3-2-4-12(17-9)14(19)16-8-10-7-11(15)5-6-13(10)18/h2-7,18H,8,15H2,1H3,(H,16,19). The molecule has 0 spiro atoms. The summed E-state index contributed by atoms with van der Waals surface area (Å²) in [6, 6.07) is 9.96. The third-order valence-electron chi connectivity index (χ3n) is 2.66. The highest BCUT2D eigenvalue weighted by atomic mass is 16.3. The van der Waals surface area contributed by atoms with Crippen molar-refractivity contribution in [2.75, 3.05) is 5.73 Å². The second kappa shape index (κ2) is 5.39. The van der Waals surface area contributed by atoms with Gasteiger partial charge in [0.1, 0.15) is 11.4 Å². The third-order valence-corrected chi connectivity index (χ3v) is 2.66. The van der Waals surface area contributed by atoms with Gasteiger partial charge in [0.25, 0.3) is 5.91 Å². The number of anilines is 1. The molecule has 19 heavy (non-hydrogen) atoms. The number of aryl methyl sites for hydroxylation is 1. The van der Waals surface area contributed by atoms with Crippen LogP contribution >= 0.6 is 0 Å². The van der Waals surface area contributed by atoms with Crippen molar-refractivity contribution in [2.45, 2.75) is 13.5 Å². The first-order valence-corrected chi connectivity index (χ1v) is 5.85. The minimum atomic E-state index is -0.287. The lowest BCUT2D eigenvalue weighted by Gasteiger charge is -2.08. The van der Waals surface area contributed by atoms with Crippen molar-refractivity contribution in [2.24, 2.45) is 0 Å². The van der Waals surface area contributed by atoms with Gasteiger partial charge in [-0.05, 0) is 37.3 Å². The molecule has 0 bridgehead atoms. The lowest BCUT2D eigenvalue weighted by atomic mass is 10.1. The second-order valence-electron chi connectivity index (χ2n) is 4.24. The number of nitrogens with one attached hydrogen (secondary N) is 1. The maximum atomic E-state index is 11.9. The largest absolute Gasteiger partial charge is 0.508 e. The molecule has 5 nitrogen and oxygen atoms in total. The fourth-order valence-electron chi connectivity index (χ4n) is 1.68. The number of nitrogen functional groups attached to an aromatic ring is 1. The van der Waals surface area contributed by atoms with Crippen molar-refractivity contribution >= 4 is 11.6 Å². The van der Waals surface area contributed by atoms with Gasteiger partial charge in [0.05, 0.1) is 0 Å². The van der Waals surface area contributed by atoms with Crippen LogP contribution < -0.4 is 11.1 Å².